The number of nitrogens with one attached hydrogen (secondary N) is 2. The molecule has 0 fully saturated rings. The first-order chi connectivity index (χ1) is 8.01. The first-order valence-corrected chi connectivity index (χ1v) is 5.74. The molecule has 17 heavy (non-hydrogen) atoms. The predicted octanol–water partition coefficient (Wildman–Crippen LogP) is -0.162. The molecule has 0 aromatic rings. The van der Waals surface area contributed by atoms with Crippen molar-refractivity contribution < 1.29 is 19.4 Å². The van der Waals surface area contributed by atoms with Gasteiger partial charge in [0.15, 0.2) is 0 Å². The molecule has 2 atom stereocenters. The normalized spacial score (nSPS) is 14.1. The number of rotatable bonds is 9. The van der Waals surface area contributed by atoms with Crippen LogP contribution in [0.25, 0.3) is 0 Å². The first-order valence-electron chi connectivity index (χ1n) is 5.74. The van der Waals surface area contributed by atoms with E-state index in [-0.39, 0.29) is 24.8 Å². The molecule has 100 valence electrons. The number of carbonyl (C=O) groups is 2. The van der Waals surface area contributed by atoms with Gasteiger partial charge in [-0.15, -0.1) is 0 Å². The van der Waals surface area contributed by atoms with E-state index in [1.54, 1.807) is 0 Å². The van der Waals surface area contributed by atoms with E-state index in [0.717, 1.165) is 6.54 Å². The van der Waals surface area contributed by atoms with E-state index in [0.29, 0.717) is 6.54 Å². The lowest BCUT2D eigenvalue weighted by Crippen LogP contribution is -2.40. The van der Waals surface area contributed by atoms with Gasteiger partial charge in [0.1, 0.15) is 0 Å². The zero-order valence-electron chi connectivity index (χ0n) is 10.7. The molecule has 0 heterocycles. The topological polar surface area (TPSA) is 87.7 Å². The fourth-order valence-corrected chi connectivity index (χ4v) is 1.28. The maximum absolute atomic E-state index is 11.6. The molecule has 0 aliphatic carbocycles. The van der Waals surface area contributed by atoms with Crippen LogP contribution in [0.4, 0.5) is 0 Å². The minimum Gasteiger partial charge on any atom is -0.481 e. The number of carboxylic acids is 1. The van der Waals surface area contributed by atoms with Crippen LogP contribution in [-0.2, 0) is 14.3 Å². The number of aliphatic carboxylic acids is 1. The number of hydrogen-bond donors (Lipinski definition) is 3. The molecule has 2 unspecified atom stereocenters. The Morgan fingerprint density at radius 2 is 2.00 bits per heavy atom. The highest BCUT2D eigenvalue weighted by atomic mass is 16.5. The number of methoxy groups -OCH3 is 1. The minimum atomic E-state index is -0.938. The van der Waals surface area contributed by atoms with Gasteiger partial charge in [-0.2, -0.15) is 0 Å². The van der Waals surface area contributed by atoms with Gasteiger partial charge >= 0.3 is 5.97 Å². The Labute approximate surface area is 102 Å². The Bertz CT molecular complexity index is 246. The van der Waals surface area contributed by atoms with Crippen LogP contribution >= 0.6 is 0 Å². The van der Waals surface area contributed by atoms with E-state index in [1.807, 2.05) is 13.8 Å². The molecule has 6 heteroatoms. The van der Waals surface area contributed by atoms with Crippen molar-refractivity contribution >= 4 is 11.9 Å². The van der Waals surface area contributed by atoms with Crippen LogP contribution in [0, 0.1) is 5.92 Å². The lowest BCUT2D eigenvalue weighted by atomic mass is 10.1. The molecule has 0 rings (SSSR count). The van der Waals surface area contributed by atoms with Crippen LogP contribution in [0.1, 0.15) is 20.3 Å². The van der Waals surface area contributed by atoms with Crippen LogP contribution in [0.15, 0.2) is 0 Å². The van der Waals surface area contributed by atoms with E-state index in [9.17, 15) is 9.59 Å². The van der Waals surface area contributed by atoms with Crippen molar-refractivity contribution in [2.75, 3.05) is 26.7 Å². The average molecular weight is 246 g/mol. The third kappa shape index (κ3) is 7.70. The van der Waals surface area contributed by atoms with Crippen LogP contribution in [0.3, 0.4) is 0 Å². The van der Waals surface area contributed by atoms with E-state index < -0.39 is 12.1 Å². The van der Waals surface area contributed by atoms with E-state index >= 15 is 0 Å². The van der Waals surface area contributed by atoms with Crippen LogP contribution < -0.4 is 10.6 Å². The van der Waals surface area contributed by atoms with E-state index in [4.69, 9.17) is 9.84 Å². The van der Waals surface area contributed by atoms with Gasteiger partial charge in [-0.05, 0) is 6.54 Å². The summed E-state index contributed by atoms with van der Waals surface area (Å²) in [6, 6.07) is 0. The second-order valence-electron chi connectivity index (χ2n) is 3.91. The second-order valence-corrected chi connectivity index (χ2v) is 3.91. The smallest absolute Gasteiger partial charge is 0.306 e. The number of ether oxygens (including phenoxy) is 1. The van der Waals surface area contributed by atoms with Gasteiger partial charge in [0.05, 0.1) is 12.5 Å². The number of carboxylic acid groups (broad SMARTS) is 1. The van der Waals surface area contributed by atoms with E-state index in [2.05, 4.69) is 10.6 Å². The third-order valence-corrected chi connectivity index (χ3v) is 2.39. The monoisotopic (exact) mass is 246 g/mol. The van der Waals surface area contributed by atoms with Crippen LogP contribution in [0.2, 0.25) is 0 Å². The quantitative estimate of drug-likeness (QED) is 0.526. The molecule has 0 saturated heterocycles. The molecule has 0 spiro atoms. The van der Waals surface area contributed by atoms with Crippen molar-refractivity contribution in [3.8, 4) is 0 Å². The number of hydrogen-bond acceptors (Lipinski definition) is 4. The molecule has 0 aliphatic rings. The summed E-state index contributed by atoms with van der Waals surface area (Å²) in [6.07, 6.45) is -0.596. The second kappa shape index (κ2) is 8.95. The van der Waals surface area contributed by atoms with Crippen molar-refractivity contribution in [3.05, 3.63) is 0 Å². The third-order valence-electron chi connectivity index (χ3n) is 2.39. The maximum atomic E-state index is 11.6. The summed E-state index contributed by atoms with van der Waals surface area (Å²) < 4.78 is 4.96. The first kappa shape index (κ1) is 15.9. The molecular weight excluding hydrogens is 224 g/mol. The molecule has 1 amide bonds. The molecule has 0 radical (unpaired) electrons. The van der Waals surface area contributed by atoms with Crippen LogP contribution in [-0.4, -0.2) is 49.8 Å². The van der Waals surface area contributed by atoms with Crippen molar-refractivity contribution in [2.24, 2.45) is 5.92 Å². The van der Waals surface area contributed by atoms with Crippen molar-refractivity contribution in [3.63, 3.8) is 0 Å². The Kier molecular flexibility index (Phi) is 8.35. The Morgan fingerprint density at radius 1 is 1.35 bits per heavy atom. The van der Waals surface area contributed by atoms with Gasteiger partial charge < -0.3 is 20.5 Å². The Morgan fingerprint density at radius 3 is 2.47 bits per heavy atom. The molecule has 6 nitrogen and oxygen atoms in total. The summed E-state index contributed by atoms with van der Waals surface area (Å²) in [7, 11) is 1.43. The largest absolute Gasteiger partial charge is 0.481 e. The van der Waals surface area contributed by atoms with Gasteiger partial charge in [0, 0.05) is 26.1 Å². The zero-order valence-corrected chi connectivity index (χ0v) is 10.7. The molecule has 0 aromatic heterocycles. The summed E-state index contributed by atoms with van der Waals surface area (Å²) in [5, 5.41) is 14.4. The Balaban J connectivity index is 3.90. The minimum absolute atomic E-state index is 0.0987. The zero-order chi connectivity index (χ0) is 13.3. The lowest BCUT2D eigenvalue weighted by molar-refractivity contribution is -0.140. The molecular formula is C11H22N2O4. The fourth-order valence-electron chi connectivity index (χ4n) is 1.28. The van der Waals surface area contributed by atoms with Crippen molar-refractivity contribution in [2.45, 2.75) is 26.4 Å². The maximum Gasteiger partial charge on any atom is 0.306 e. The summed E-state index contributed by atoms with van der Waals surface area (Å²) in [4.78, 5) is 22.1. The van der Waals surface area contributed by atoms with Crippen molar-refractivity contribution in [1.82, 2.24) is 10.6 Å². The predicted molar refractivity (Wildman–Crippen MR) is 63.8 cm³/mol. The van der Waals surface area contributed by atoms with Gasteiger partial charge in [0.2, 0.25) is 5.91 Å². The standard InChI is InChI=1S/C11H22N2O4/c1-4-12-6-8(2)11(16)13-7-9(17-3)5-10(14)15/h8-9,12H,4-7H2,1-3H3,(H,13,16)(H,14,15). The van der Waals surface area contributed by atoms with Gasteiger partial charge in [-0.3, -0.25) is 9.59 Å². The average Bonchev–Trinajstić information content (AvgIpc) is 2.30. The molecule has 0 aromatic carbocycles. The SMILES string of the molecule is CCNCC(C)C(=O)NCC(CC(=O)O)OC. The summed E-state index contributed by atoms with van der Waals surface area (Å²) in [6.45, 7) is 5.43. The number of amides is 1. The van der Waals surface area contributed by atoms with Crippen molar-refractivity contribution in [1.29, 1.82) is 0 Å². The number of carbonyl (C=O) groups excluding carboxylic acids is 1. The highest BCUT2D eigenvalue weighted by molar-refractivity contribution is 5.78. The fraction of sp³-hybridized carbons (Fsp3) is 0.818. The van der Waals surface area contributed by atoms with Crippen LogP contribution in [0.5, 0.6) is 0 Å². The highest BCUT2D eigenvalue weighted by Crippen LogP contribution is 1.97. The molecule has 0 bridgehead atoms. The summed E-state index contributed by atoms with van der Waals surface area (Å²) in [5.74, 6) is -1.18. The summed E-state index contributed by atoms with van der Waals surface area (Å²) in [5.41, 5.74) is 0. The molecule has 0 saturated carbocycles. The summed E-state index contributed by atoms with van der Waals surface area (Å²) >= 11 is 0. The molecule has 3 N–H and O–H groups in total. The van der Waals surface area contributed by atoms with Gasteiger partial charge in [-0.25, -0.2) is 0 Å². The van der Waals surface area contributed by atoms with E-state index in [1.165, 1.54) is 7.11 Å². The lowest BCUT2D eigenvalue weighted by Gasteiger charge is -2.16. The van der Waals surface area contributed by atoms with Gasteiger partial charge in [0.25, 0.3) is 0 Å². The Hall–Kier alpha value is -1.14. The molecule has 0 aliphatic heterocycles. The van der Waals surface area contributed by atoms with Gasteiger partial charge in [-0.1, -0.05) is 13.8 Å². The highest BCUT2D eigenvalue weighted by Gasteiger charge is 2.16.